The number of rotatable bonds is 3. The molecular weight excluding hydrogens is 229 g/mol. The van der Waals surface area contributed by atoms with Crippen LogP contribution in [0.1, 0.15) is 16.7 Å². The summed E-state index contributed by atoms with van der Waals surface area (Å²) < 4.78 is 18.6. The Labute approximate surface area is 105 Å². The van der Waals surface area contributed by atoms with Gasteiger partial charge in [0.2, 0.25) is 0 Å². The van der Waals surface area contributed by atoms with Crippen LogP contribution in [-0.2, 0) is 6.61 Å². The largest absolute Gasteiger partial charge is 0.489 e. The molecule has 0 bridgehead atoms. The van der Waals surface area contributed by atoms with E-state index in [9.17, 15) is 4.39 Å². The molecule has 0 heterocycles. The van der Waals surface area contributed by atoms with Crippen LogP contribution in [-0.4, -0.2) is 0 Å². The third-order valence-corrected chi connectivity index (χ3v) is 2.60. The Balaban J connectivity index is 2.13. The van der Waals surface area contributed by atoms with Crippen LogP contribution in [0.2, 0.25) is 0 Å². The topological polar surface area (TPSA) is 33.0 Å². The minimum Gasteiger partial charge on any atom is -0.489 e. The van der Waals surface area contributed by atoms with Gasteiger partial charge in [0.25, 0.3) is 0 Å². The van der Waals surface area contributed by atoms with Crippen molar-refractivity contribution in [1.82, 2.24) is 0 Å². The highest BCUT2D eigenvalue weighted by atomic mass is 19.1. The molecule has 0 saturated carbocycles. The molecule has 0 atom stereocenters. The van der Waals surface area contributed by atoms with Gasteiger partial charge in [-0.2, -0.15) is 5.26 Å². The summed E-state index contributed by atoms with van der Waals surface area (Å²) in [6, 6.07) is 13.6. The fourth-order valence-corrected chi connectivity index (χ4v) is 1.61. The van der Waals surface area contributed by atoms with Gasteiger partial charge in [-0.3, -0.25) is 0 Å². The molecule has 2 aromatic rings. The lowest BCUT2D eigenvalue weighted by molar-refractivity contribution is 0.303. The number of hydrogen-bond donors (Lipinski definition) is 0. The summed E-state index contributed by atoms with van der Waals surface area (Å²) in [5, 5.41) is 8.82. The van der Waals surface area contributed by atoms with Crippen LogP contribution >= 0.6 is 0 Å². The molecule has 0 saturated heterocycles. The zero-order valence-electron chi connectivity index (χ0n) is 9.98. The van der Waals surface area contributed by atoms with E-state index in [1.165, 1.54) is 12.1 Å². The van der Waals surface area contributed by atoms with Gasteiger partial charge in [-0.25, -0.2) is 4.39 Å². The first kappa shape index (κ1) is 12.1. The summed E-state index contributed by atoms with van der Waals surface area (Å²) in [5.41, 5.74) is 2.26. The zero-order chi connectivity index (χ0) is 13.0. The van der Waals surface area contributed by atoms with Gasteiger partial charge in [-0.1, -0.05) is 18.2 Å². The van der Waals surface area contributed by atoms with Crippen molar-refractivity contribution in [3.63, 3.8) is 0 Å². The van der Waals surface area contributed by atoms with Crippen molar-refractivity contribution in [3.05, 3.63) is 65.0 Å². The average Bonchev–Trinajstić information content (AvgIpc) is 2.38. The predicted octanol–water partition coefficient (Wildman–Crippen LogP) is 3.58. The monoisotopic (exact) mass is 241 g/mol. The number of hydrogen-bond acceptors (Lipinski definition) is 2. The molecule has 0 aliphatic rings. The van der Waals surface area contributed by atoms with Crippen molar-refractivity contribution in [1.29, 1.82) is 5.26 Å². The fraction of sp³-hybridized carbons (Fsp3) is 0.133. The smallest absolute Gasteiger partial charge is 0.124 e. The van der Waals surface area contributed by atoms with E-state index < -0.39 is 0 Å². The van der Waals surface area contributed by atoms with Crippen LogP contribution in [0.3, 0.4) is 0 Å². The molecule has 0 spiro atoms. The van der Waals surface area contributed by atoms with Gasteiger partial charge in [0.1, 0.15) is 18.2 Å². The number of nitriles is 1. The van der Waals surface area contributed by atoms with Crippen LogP contribution < -0.4 is 4.74 Å². The van der Waals surface area contributed by atoms with Crippen molar-refractivity contribution < 1.29 is 9.13 Å². The first-order chi connectivity index (χ1) is 8.69. The Kier molecular flexibility index (Phi) is 3.59. The molecule has 0 unspecified atom stereocenters. The Hall–Kier alpha value is -2.34. The first-order valence-corrected chi connectivity index (χ1v) is 5.57. The van der Waals surface area contributed by atoms with E-state index in [4.69, 9.17) is 10.00 Å². The third-order valence-electron chi connectivity index (χ3n) is 2.60. The first-order valence-electron chi connectivity index (χ1n) is 5.57. The minimum absolute atomic E-state index is 0.279. The standard InChI is InChI=1S/C15H12FNO/c1-11-5-6-12(9-17)8-15(11)18-10-13-3-2-4-14(16)7-13/h2-8H,10H2,1H3. The highest BCUT2D eigenvalue weighted by Crippen LogP contribution is 2.20. The van der Waals surface area contributed by atoms with Gasteiger partial charge in [-0.15, -0.1) is 0 Å². The molecule has 0 amide bonds. The van der Waals surface area contributed by atoms with Crippen molar-refractivity contribution in [2.75, 3.05) is 0 Å². The average molecular weight is 241 g/mol. The van der Waals surface area contributed by atoms with Gasteiger partial charge in [-0.05, 0) is 42.3 Å². The van der Waals surface area contributed by atoms with Gasteiger partial charge < -0.3 is 4.74 Å². The van der Waals surface area contributed by atoms with Crippen LogP contribution in [0.25, 0.3) is 0 Å². The maximum Gasteiger partial charge on any atom is 0.124 e. The van der Waals surface area contributed by atoms with Gasteiger partial charge in [0.05, 0.1) is 11.6 Å². The summed E-state index contributed by atoms with van der Waals surface area (Å²) >= 11 is 0. The van der Waals surface area contributed by atoms with Gasteiger partial charge in [0, 0.05) is 0 Å². The number of benzene rings is 2. The number of halogens is 1. The Bertz CT molecular complexity index is 602. The highest BCUT2D eigenvalue weighted by Gasteiger charge is 2.02. The molecule has 90 valence electrons. The highest BCUT2D eigenvalue weighted by molar-refractivity contribution is 5.41. The van der Waals surface area contributed by atoms with Crippen LogP contribution in [0.5, 0.6) is 5.75 Å². The predicted molar refractivity (Wildman–Crippen MR) is 66.6 cm³/mol. The second-order valence-electron chi connectivity index (χ2n) is 4.01. The number of ether oxygens (including phenoxy) is 1. The summed E-state index contributed by atoms with van der Waals surface area (Å²) in [6.07, 6.45) is 0. The van der Waals surface area contributed by atoms with Gasteiger partial charge >= 0.3 is 0 Å². The van der Waals surface area contributed by atoms with E-state index in [-0.39, 0.29) is 12.4 Å². The molecular formula is C15H12FNO. The lowest BCUT2D eigenvalue weighted by Gasteiger charge is -2.09. The van der Waals surface area contributed by atoms with Crippen molar-refractivity contribution in [3.8, 4) is 11.8 Å². The molecule has 18 heavy (non-hydrogen) atoms. The molecule has 0 fully saturated rings. The Morgan fingerprint density at radius 2 is 2.06 bits per heavy atom. The van der Waals surface area contributed by atoms with Crippen LogP contribution in [0, 0.1) is 24.1 Å². The van der Waals surface area contributed by atoms with Crippen LogP contribution in [0.15, 0.2) is 42.5 Å². The second-order valence-corrected chi connectivity index (χ2v) is 4.01. The SMILES string of the molecule is Cc1ccc(C#N)cc1OCc1cccc(F)c1. The summed E-state index contributed by atoms with van der Waals surface area (Å²) in [5.74, 6) is 0.372. The molecule has 0 N–H and O–H groups in total. The minimum atomic E-state index is -0.279. The normalized spacial score (nSPS) is 9.83. The van der Waals surface area contributed by atoms with E-state index >= 15 is 0 Å². The summed E-state index contributed by atoms with van der Waals surface area (Å²) in [4.78, 5) is 0. The molecule has 0 aliphatic carbocycles. The number of aryl methyl sites for hydroxylation is 1. The molecule has 0 aromatic heterocycles. The lowest BCUT2D eigenvalue weighted by Crippen LogP contribution is -1.97. The second kappa shape index (κ2) is 5.33. The summed E-state index contributed by atoms with van der Waals surface area (Å²) in [7, 11) is 0. The number of nitrogens with zero attached hydrogens (tertiary/aromatic N) is 1. The van der Waals surface area contributed by atoms with Crippen molar-refractivity contribution in [2.45, 2.75) is 13.5 Å². The van der Waals surface area contributed by atoms with Crippen molar-refractivity contribution in [2.24, 2.45) is 0 Å². The van der Waals surface area contributed by atoms with Gasteiger partial charge in [0.15, 0.2) is 0 Å². The van der Waals surface area contributed by atoms with E-state index in [1.807, 2.05) is 13.0 Å². The quantitative estimate of drug-likeness (QED) is 0.822. The van der Waals surface area contributed by atoms with E-state index in [0.717, 1.165) is 11.1 Å². The molecule has 3 heteroatoms. The fourth-order valence-electron chi connectivity index (χ4n) is 1.61. The summed E-state index contributed by atoms with van der Waals surface area (Å²) in [6.45, 7) is 2.19. The molecule has 2 nitrogen and oxygen atoms in total. The maximum atomic E-state index is 13.0. The molecule has 0 radical (unpaired) electrons. The molecule has 2 rings (SSSR count). The van der Waals surface area contributed by atoms with E-state index in [0.29, 0.717) is 11.3 Å². The maximum absolute atomic E-state index is 13.0. The van der Waals surface area contributed by atoms with Crippen LogP contribution in [0.4, 0.5) is 4.39 Å². The lowest BCUT2D eigenvalue weighted by atomic mass is 10.1. The Morgan fingerprint density at radius 1 is 1.22 bits per heavy atom. The van der Waals surface area contributed by atoms with E-state index in [2.05, 4.69) is 6.07 Å². The molecule has 2 aromatic carbocycles. The Morgan fingerprint density at radius 3 is 2.78 bits per heavy atom. The third kappa shape index (κ3) is 2.86. The molecule has 0 aliphatic heterocycles. The van der Waals surface area contributed by atoms with Crippen molar-refractivity contribution >= 4 is 0 Å². The van der Waals surface area contributed by atoms with E-state index in [1.54, 1.807) is 24.3 Å². The zero-order valence-corrected chi connectivity index (χ0v) is 9.98.